The third-order valence-corrected chi connectivity index (χ3v) is 4.82. The lowest BCUT2D eigenvalue weighted by Crippen LogP contribution is -2.38. The topological polar surface area (TPSA) is 80.0 Å². The fourth-order valence-corrected chi connectivity index (χ4v) is 3.53. The van der Waals surface area contributed by atoms with Crippen molar-refractivity contribution in [3.05, 3.63) is 11.8 Å². The Balaban J connectivity index is 1.58. The smallest absolute Gasteiger partial charge is 0.317 e. The summed E-state index contributed by atoms with van der Waals surface area (Å²) >= 11 is 0. The molecule has 7 nitrogen and oxygen atoms in total. The highest BCUT2D eigenvalue weighted by Gasteiger charge is 2.41. The van der Waals surface area contributed by atoms with E-state index in [4.69, 9.17) is 23.5 Å². The van der Waals surface area contributed by atoms with Crippen molar-refractivity contribution in [3.63, 3.8) is 0 Å². The van der Waals surface area contributed by atoms with Crippen molar-refractivity contribution in [1.82, 2.24) is 5.16 Å². The minimum absolute atomic E-state index is 0.0473. The molecule has 0 N–H and O–H groups in total. The zero-order valence-corrected chi connectivity index (χ0v) is 15.2. The highest BCUT2D eigenvalue weighted by atomic mass is 16.7. The zero-order chi connectivity index (χ0) is 17.9. The molecular formula is C18H27NO6. The molecule has 1 aliphatic heterocycles. The Morgan fingerprint density at radius 1 is 1.32 bits per heavy atom. The molecule has 7 heteroatoms. The second-order valence-corrected chi connectivity index (χ2v) is 6.97. The lowest BCUT2D eigenvalue weighted by Gasteiger charge is -2.34. The summed E-state index contributed by atoms with van der Waals surface area (Å²) in [7, 11) is 0. The monoisotopic (exact) mass is 353 g/mol. The largest absolute Gasteiger partial charge is 0.472 e. The van der Waals surface area contributed by atoms with Crippen LogP contribution < -0.4 is 4.74 Å². The van der Waals surface area contributed by atoms with Gasteiger partial charge in [0.05, 0.1) is 19.8 Å². The van der Waals surface area contributed by atoms with Crippen LogP contribution in [-0.4, -0.2) is 42.8 Å². The van der Waals surface area contributed by atoms with Crippen molar-refractivity contribution < 1.29 is 28.3 Å². The summed E-state index contributed by atoms with van der Waals surface area (Å²) in [6, 6.07) is 1.70. The van der Waals surface area contributed by atoms with Crippen LogP contribution in [0, 0.1) is 5.92 Å². The van der Waals surface area contributed by atoms with E-state index in [1.54, 1.807) is 13.0 Å². The van der Waals surface area contributed by atoms with Gasteiger partial charge in [0.1, 0.15) is 12.0 Å². The van der Waals surface area contributed by atoms with Gasteiger partial charge in [0.25, 0.3) is 5.88 Å². The van der Waals surface area contributed by atoms with Crippen molar-refractivity contribution in [1.29, 1.82) is 0 Å². The van der Waals surface area contributed by atoms with Crippen LogP contribution in [0.3, 0.4) is 0 Å². The summed E-state index contributed by atoms with van der Waals surface area (Å²) in [4.78, 5) is 12.1. The van der Waals surface area contributed by atoms with Crippen molar-refractivity contribution >= 4 is 5.97 Å². The molecular weight excluding hydrogens is 326 g/mol. The third kappa shape index (κ3) is 4.15. The molecule has 1 unspecified atom stereocenters. The molecule has 1 aromatic rings. The van der Waals surface area contributed by atoms with Crippen molar-refractivity contribution in [3.8, 4) is 5.88 Å². The number of hydrogen-bond acceptors (Lipinski definition) is 7. The maximum atomic E-state index is 12.1. The minimum Gasteiger partial charge on any atom is -0.472 e. The van der Waals surface area contributed by atoms with Gasteiger partial charge in [-0.2, -0.15) is 0 Å². The Labute approximate surface area is 147 Å². The molecule has 0 amide bonds. The Kier molecular flexibility index (Phi) is 5.64. The van der Waals surface area contributed by atoms with Gasteiger partial charge >= 0.3 is 5.97 Å². The molecule has 25 heavy (non-hydrogen) atoms. The van der Waals surface area contributed by atoms with Gasteiger partial charge < -0.3 is 23.5 Å². The number of nitrogens with zero attached hydrogens (tertiary/aromatic N) is 1. The molecule has 0 radical (unpaired) electrons. The van der Waals surface area contributed by atoms with Crippen LogP contribution >= 0.6 is 0 Å². The van der Waals surface area contributed by atoms with E-state index in [0.29, 0.717) is 31.5 Å². The van der Waals surface area contributed by atoms with Crippen molar-refractivity contribution in [2.45, 2.75) is 64.3 Å². The first-order chi connectivity index (χ1) is 12.0. The molecule has 2 heterocycles. The van der Waals surface area contributed by atoms with Crippen LogP contribution in [0.15, 0.2) is 10.6 Å². The third-order valence-electron chi connectivity index (χ3n) is 4.82. The summed E-state index contributed by atoms with van der Waals surface area (Å²) < 4.78 is 27.9. The van der Waals surface area contributed by atoms with Gasteiger partial charge in [0.2, 0.25) is 0 Å². The second kappa shape index (κ2) is 7.74. The van der Waals surface area contributed by atoms with Crippen molar-refractivity contribution in [2.75, 3.05) is 19.8 Å². The maximum Gasteiger partial charge on any atom is 0.317 e. The number of aromatic nitrogens is 1. The normalized spacial score (nSPS) is 21.6. The first-order valence-corrected chi connectivity index (χ1v) is 9.11. The van der Waals surface area contributed by atoms with Gasteiger partial charge in [-0.15, -0.1) is 0 Å². The SMILES string of the molecule is CCOC(=O)C(c1cc(OC2CCC3(CC2)OCCO3)no1)C(C)C. The van der Waals surface area contributed by atoms with E-state index >= 15 is 0 Å². The summed E-state index contributed by atoms with van der Waals surface area (Å²) in [5.41, 5.74) is 0. The molecule has 1 spiro atoms. The van der Waals surface area contributed by atoms with E-state index in [-0.39, 0.29) is 18.0 Å². The zero-order valence-electron chi connectivity index (χ0n) is 15.2. The van der Waals surface area contributed by atoms with Gasteiger partial charge in [-0.1, -0.05) is 13.8 Å². The molecule has 1 aromatic heterocycles. The molecule has 0 aromatic carbocycles. The van der Waals surface area contributed by atoms with E-state index in [0.717, 1.165) is 25.7 Å². The molecule has 1 saturated carbocycles. The van der Waals surface area contributed by atoms with Crippen LogP contribution in [0.25, 0.3) is 0 Å². The molecule has 3 rings (SSSR count). The second-order valence-electron chi connectivity index (χ2n) is 6.97. The van der Waals surface area contributed by atoms with Gasteiger partial charge in [-0.3, -0.25) is 4.79 Å². The van der Waals surface area contributed by atoms with Crippen LogP contribution in [0.2, 0.25) is 0 Å². The maximum absolute atomic E-state index is 12.1. The van der Waals surface area contributed by atoms with E-state index in [1.165, 1.54) is 0 Å². The fraction of sp³-hybridized carbons (Fsp3) is 0.778. The molecule has 2 fully saturated rings. The average Bonchev–Trinajstić information content (AvgIpc) is 3.20. The predicted octanol–water partition coefficient (Wildman–Crippen LogP) is 3.04. The number of esters is 1. The predicted molar refractivity (Wildman–Crippen MR) is 88.2 cm³/mol. The van der Waals surface area contributed by atoms with Crippen LogP contribution in [0.1, 0.15) is 58.1 Å². The van der Waals surface area contributed by atoms with E-state index in [9.17, 15) is 4.79 Å². The molecule has 2 aliphatic rings. The lowest BCUT2D eigenvalue weighted by atomic mass is 9.91. The quantitative estimate of drug-likeness (QED) is 0.727. The Bertz CT molecular complexity index is 568. The Morgan fingerprint density at radius 2 is 2.00 bits per heavy atom. The number of rotatable bonds is 6. The standard InChI is InChI=1S/C18H27NO6/c1-4-21-17(20)16(12(2)3)14-11-15(19-25-14)24-13-5-7-18(8-6-13)22-9-10-23-18/h11-13,16H,4-10H2,1-3H3. The number of carbonyl (C=O) groups excluding carboxylic acids is 1. The molecule has 140 valence electrons. The summed E-state index contributed by atoms with van der Waals surface area (Å²) in [6.07, 6.45) is 3.37. The summed E-state index contributed by atoms with van der Waals surface area (Å²) in [5.74, 6) is -0.222. The minimum atomic E-state index is -0.472. The summed E-state index contributed by atoms with van der Waals surface area (Å²) in [5, 5.41) is 3.98. The van der Waals surface area contributed by atoms with Crippen molar-refractivity contribution in [2.24, 2.45) is 5.92 Å². The first kappa shape index (κ1) is 18.2. The lowest BCUT2D eigenvalue weighted by molar-refractivity contribution is -0.186. The van der Waals surface area contributed by atoms with Gasteiger partial charge in [0, 0.05) is 18.9 Å². The highest BCUT2D eigenvalue weighted by molar-refractivity contribution is 5.77. The fourth-order valence-electron chi connectivity index (χ4n) is 3.53. The van der Waals surface area contributed by atoms with Gasteiger partial charge in [-0.05, 0) is 30.8 Å². The van der Waals surface area contributed by atoms with Crippen LogP contribution in [0.4, 0.5) is 0 Å². The van der Waals surface area contributed by atoms with Crippen LogP contribution in [0.5, 0.6) is 5.88 Å². The average molecular weight is 353 g/mol. The molecule has 1 aliphatic carbocycles. The molecule has 0 bridgehead atoms. The Morgan fingerprint density at radius 3 is 2.60 bits per heavy atom. The highest BCUT2D eigenvalue weighted by Crippen LogP contribution is 2.37. The molecule has 1 saturated heterocycles. The van der Waals surface area contributed by atoms with E-state index < -0.39 is 11.7 Å². The van der Waals surface area contributed by atoms with E-state index in [1.807, 2.05) is 13.8 Å². The van der Waals surface area contributed by atoms with E-state index in [2.05, 4.69) is 5.16 Å². The van der Waals surface area contributed by atoms with Crippen LogP contribution in [-0.2, 0) is 19.0 Å². The summed E-state index contributed by atoms with van der Waals surface area (Å²) in [6.45, 7) is 7.37. The van der Waals surface area contributed by atoms with Gasteiger partial charge in [0.15, 0.2) is 11.5 Å². The van der Waals surface area contributed by atoms with Gasteiger partial charge in [-0.25, -0.2) is 0 Å². The number of ether oxygens (including phenoxy) is 4. The Hall–Kier alpha value is -1.60. The first-order valence-electron chi connectivity index (χ1n) is 9.11. The molecule has 1 atom stereocenters. The number of hydrogen-bond donors (Lipinski definition) is 0. The number of carbonyl (C=O) groups is 1.